The third-order valence-electron chi connectivity index (χ3n) is 4.27. The highest BCUT2D eigenvalue weighted by Crippen LogP contribution is 2.35. The summed E-state index contributed by atoms with van der Waals surface area (Å²) in [5.74, 6) is 1.04. The van der Waals surface area contributed by atoms with E-state index in [1.165, 1.54) is 6.07 Å². The summed E-state index contributed by atoms with van der Waals surface area (Å²) in [6.07, 6.45) is 0.960. The van der Waals surface area contributed by atoms with Crippen molar-refractivity contribution in [3.05, 3.63) is 35.8 Å². The monoisotopic (exact) mass is 277 g/mol. The SMILES string of the molecule is CNC(CC(C)C(C)(C)C)c1cc2cccc(F)c2o1. The fraction of sp³-hybridized carbons (Fsp3) is 0.529. The van der Waals surface area contributed by atoms with Crippen molar-refractivity contribution >= 4 is 11.0 Å². The van der Waals surface area contributed by atoms with Gasteiger partial charge in [0.05, 0.1) is 6.04 Å². The van der Waals surface area contributed by atoms with Crippen molar-refractivity contribution in [2.24, 2.45) is 11.3 Å². The summed E-state index contributed by atoms with van der Waals surface area (Å²) in [5.41, 5.74) is 0.595. The molecule has 0 radical (unpaired) electrons. The van der Waals surface area contributed by atoms with Gasteiger partial charge in [-0.2, -0.15) is 0 Å². The summed E-state index contributed by atoms with van der Waals surface area (Å²) in [4.78, 5) is 0. The van der Waals surface area contributed by atoms with Crippen LogP contribution in [0.1, 0.15) is 45.9 Å². The lowest BCUT2D eigenvalue weighted by Crippen LogP contribution is -2.25. The zero-order valence-corrected chi connectivity index (χ0v) is 13.0. The number of hydrogen-bond donors (Lipinski definition) is 1. The summed E-state index contributed by atoms with van der Waals surface area (Å²) >= 11 is 0. The predicted octanol–water partition coefficient (Wildman–Crippen LogP) is 4.90. The maximum atomic E-state index is 13.7. The predicted molar refractivity (Wildman–Crippen MR) is 81.2 cm³/mol. The molecule has 0 saturated heterocycles. The Morgan fingerprint density at radius 3 is 2.55 bits per heavy atom. The Balaban J connectivity index is 2.28. The van der Waals surface area contributed by atoms with E-state index in [1.807, 2.05) is 19.2 Å². The van der Waals surface area contributed by atoms with Gasteiger partial charge in [-0.3, -0.25) is 0 Å². The first-order valence-electron chi connectivity index (χ1n) is 7.18. The molecule has 2 rings (SSSR count). The number of benzene rings is 1. The van der Waals surface area contributed by atoms with E-state index in [4.69, 9.17) is 4.42 Å². The minimum atomic E-state index is -0.299. The Hall–Kier alpha value is -1.35. The van der Waals surface area contributed by atoms with Crippen molar-refractivity contribution < 1.29 is 8.81 Å². The first-order valence-corrected chi connectivity index (χ1v) is 7.18. The largest absolute Gasteiger partial charge is 0.456 e. The molecule has 0 aliphatic heterocycles. The molecule has 20 heavy (non-hydrogen) atoms. The highest BCUT2D eigenvalue weighted by atomic mass is 19.1. The van der Waals surface area contributed by atoms with Crippen LogP contribution in [0.4, 0.5) is 4.39 Å². The molecule has 2 unspecified atom stereocenters. The van der Waals surface area contributed by atoms with Crippen molar-refractivity contribution in [3.8, 4) is 0 Å². The molecular formula is C17H24FNO. The van der Waals surface area contributed by atoms with Gasteiger partial charge in [0, 0.05) is 5.39 Å². The molecule has 0 saturated carbocycles. The van der Waals surface area contributed by atoms with Crippen LogP contribution in [0.15, 0.2) is 28.7 Å². The van der Waals surface area contributed by atoms with Crippen molar-refractivity contribution in [1.82, 2.24) is 5.32 Å². The van der Waals surface area contributed by atoms with Crippen LogP contribution in [-0.4, -0.2) is 7.05 Å². The van der Waals surface area contributed by atoms with Crippen LogP contribution in [0.3, 0.4) is 0 Å². The highest BCUT2D eigenvalue weighted by Gasteiger charge is 2.25. The smallest absolute Gasteiger partial charge is 0.169 e. The molecule has 110 valence electrons. The van der Waals surface area contributed by atoms with Gasteiger partial charge in [-0.1, -0.05) is 39.8 Å². The van der Waals surface area contributed by atoms with E-state index in [0.29, 0.717) is 11.5 Å². The van der Waals surface area contributed by atoms with E-state index in [2.05, 4.69) is 33.0 Å². The third-order valence-corrected chi connectivity index (χ3v) is 4.27. The van der Waals surface area contributed by atoms with Gasteiger partial charge in [0.2, 0.25) is 0 Å². The summed E-state index contributed by atoms with van der Waals surface area (Å²) in [7, 11) is 1.92. The van der Waals surface area contributed by atoms with Crippen molar-refractivity contribution in [3.63, 3.8) is 0 Å². The number of hydrogen-bond acceptors (Lipinski definition) is 2. The molecule has 3 heteroatoms. The molecule has 0 spiro atoms. The Bertz CT molecular complexity index is 582. The molecule has 0 aliphatic rings. The average Bonchev–Trinajstić information content (AvgIpc) is 2.79. The first-order chi connectivity index (χ1) is 9.32. The number of nitrogens with one attached hydrogen (secondary N) is 1. The lowest BCUT2D eigenvalue weighted by molar-refractivity contribution is 0.218. The third kappa shape index (κ3) is 3.04. The summed E-state index contributed by atoms with van der Waals surface area (Å²) < 4.78 is 19.4. The van der Waals surface area contributed by atoms with E-state index in [1.54, 1.807) is 6.07 Å². The Kier molecular flexibility index (Phi) is 4.19. The van der Waals surface area contributed by atoms with Crippen LogP contribution >= 0.6 is 0 Å². The first kappa shape index (κ1) is 15.0. The Morgan fingerprint density at radius 1 is 1.30 bits per heavy atom. The van der Waals surface area contributed by atoms with Crippen LogP contribution in [0.2, 0.25) is 0 Å². The average molecular weight is 277 g/mol. The lowest BCUT2D eigenvalue weighted by atomic mass is 9.78. The second-order valence-corrected chi connectivity index (χ2v) is 6.65. The van der Waals surface area contributed by atoms with Crippen LogP contribution in [0.25, 0.3) is 11.0 Å². The molecule has 0 bridgehead atoms. The van der Waals surface area contributed by atoms with Crippen molar-refractivity contribution in [2.75, 3.05) is 7.05 Å². The molecule has 1 aromatic carbocycles. The van der Waals surface area contributed by atoms with Crippen molar-refractivity contribution in [2.45, 2.75) is 40.2 Å². The van der Waals surface area contributed by atoms with Crippen molar-refractivity contribution in [1.29, 1.82) is 0 Å². The summed E-state index contributed by atoms with van der Waals surface area (Å²) in [6, 6.07) is 7.07. The molecule has 1 N–H and O–H groups in total. The molecule has 2 atom stereocenters. The molecule has 2 nitrogen and oxygen atoms in total. The Labute approximate surface area is 120 Å². The molecule has 2 aromatic rings. The lowest BCUT2D eigenvalue weighted by Gasteiger charge is -2.30. The quantitative estimate of drug-likeness (QED) is 0.859. The highest BCUT2D eigenvalue weighted by molar-refractivity contribution is 5.78. The zero-order valence-electron chi connectivity index (χ0n) is 13.0. The van der Waals surface area contributed by atoms with Gasteiger partial charge >= 0.3 is 0 Å². The number of rotatable bonds is 4. The van der Waals surface area contributed by atoms with E-state index < -0.39 is 0 Å². The molecule has 0 amide bonds. The fourth-order valence-corrected chi connectivity index (χ4v) is 2.30. The van der Waals surface area contributed by atoms with Crippen LogP contribution in [-0.2, 0) is 0 Å². The van der Waals surface area contributed by atoms with E-state index in [0.717, 1.165) is 17.6 Å². The maximum Gasteiger partial charge on any atom is 0.169 e. The van der Waals surface area contributed by atoms with E-state index in [-0.39, 0.29) is 17.3 Å². The normalized spacial score (nSPS) is 15.5. The topological polar surface area (TPSA) is 25.2 Å². The summed E-state index contributed by atoms with van der Waals surface area (Å²) in [6.45, 7) is 8.96. The summed E-state index contributed by atoms with van der Waals surface area (Å²) in [5, 5.41) is 4.11. The minimum absolute atomic E-state index is 0.107. The van der Waals surface area contributed by atoms with Crippen LogP contribution in [0, 0.1) is 17.2 Å². The van der Waals surface area contributed by atoms with Gasteiger partial charge in [0.25, 0.3) is 0 Å². The van der Waals surface area contributed by atoms with Gasteiger partial charge in [0.1, 0.15) is 5.76 Å². The van der Waals surface area contributed by atoms with Crippen LogP contribution < -0.4 is 5.32 Å². The molecular weight excluding hydrogens is 253 g/mol. The number of halogens is 1. The second-order valence-electron chi connectivity index (χ2n) is 6.65. The molecule has 0 fully saturated rings. The Morgan fingerprint density at radius 2 is 2.00 bits per heavy atom. The molecule has 1 heterocycles. The zero-order chi connectivity index (χ0) is 14.9. The molecule has 1 aromatic heterocycles. The number of furan rings is 1. The molecule has 0 aliphatic carbocycles. The standard InChI is InChI=1S/C17H24FNO/c1-11(17(2,3)4)9-14(19-5)15-10-12-7-6-8-13(18)16(12)20-15/h6-8,10-11,14,19H,9H2,1-5H3. The van der Waals surface area contributed by atoms with Gasteiger partial charge in [0.15, 0.2) is 11.4 Å². The van der Waals surface area contributed by atoms with Gasteiger partial charge in [-0.05, 0) is 36.9 Å². The fourth-order valence-electron chi connectivity index (χ4n) is 2.30. The minimum Gasteiger partial charge on any atom is -0.456 e. The maximum absolute atomic E-state index is 13.7. The number of fused-ring (bicyclic) bond motifs is 1. The van der Waals surface area contributed by atoms with E-state index in [9.17, 15) is 4.39 Å². The van der Waals surface area contributed by atoms with Gasteiger partial charge in [-0.25, -0.2) is 4.39 Å². The second kappa shape index (κ2) is 5.57. The van der Waals surface area contributed by atoms with Gasteiger partial charge in [-0.15, -0.1) is 0 Å². The van der Waals surface area contributed by atoms with Gasteiger partial charge < -0.3 is 9.73 Å². The van der Waals surface area contributed by atoms with Crippen LogP contribution in [0.5, 0.6) is 0 Å². The van der Waals surface area contributed by atoms with E-state index >= 15 is 0 Å². The number of para-hydroxylation sites is 1.